The molecule has 7 nitrogen and oxygen atoms in total. The van der Waals surface area contributed by atoms with Crippen LogP contribution in [0, 0.1) is 17.2 Å². The summed E-state index contributed by atoms with van der Waals surface area (Å²) in [4.78, 5) is 28.5. The van der Waals surface area contributed by atoms with E-state index in [1.165, 1.54) is 17.0 Å². The highest BCUT2D eigenvalue weighted by Gasteiger charge is 2.29. The Kier molecular flexibility index (Phi) is 8.34. The quantitative estimate of drug-likeness (QED) is 0.672. The number of carbonyl (C=O) groups excluding carboxylic acids is 2. The molecule has 0 aliphatic carbocycles. The standard InChI is InChI=1S/C22H35FN4O3/c1-15(2)12-26(14-22(3,4)5)19(11-24)21(29)25-18-7-6-16(10-17(18)23)27-8-9-30-13-20(27)28/h6-7,10,15,19H,8-9,11-14,24H2,1-5H3,(H,25,29)/t19-/m1/s1. The molecule has 8 heteroatoms. The number of nitrogens with two attached hydrogens (primary N) is 1. The van der Waals surface area contributed by atoms with Gasteiger partial charge in [0.2, 0.25) is 5.91 Å². The second kappa shape index (κ2) is 10.3. The van der Waals surface area contributed by atoms with Gasteiger partial charge in [0.05, 0.1) is 12.3 Å². The van der Waals surface area contributed by atoms with E-state index in [9.17, 15) is 14.0 Å². The number of halogens is 1. The molecule has 0 spiro atoms. The molecule has 1 fully saturated rings. The Labute approximate surface area is 178 Å². The molecule has 30 heavy (non-hydrogen) atoms. The van der Waals surface area contributed by atoms with E-state index < -0.39 is 11.9 Å². The molecule has 1 aliphatic heterocycles. The molecule has 1 aromatic rings. The van der Waals surface area contributed by atoms with Gasteiger partial charge in [0.15, 0.2) is 0 Å². The summed E-state index contributed by atoms with van der Waals surface area (Å²) in [5.74, 6) is -0.790. The maximum atomic E-state index is 14.7. The fourth-order valence-corrected chi connectivity index (χ4v) is 3.58. The van der Waals surface area contributed by atoms with Crippen molar-refractivity contribution < 1.29 is 18.7 Å². The number of rotatable bonds is 8. The van der Waals surface area contributed by atoms with E-state index in [2.05, 4.69) is 44.8 Å². The fourth-order valence-electron chi connectivity index (χ4n) is 3.58. The molecule has 2 amide bonds. The predicted molar refractivity (Wildman–Crippen MR) is 117 cm³/mol. The molecular formula is C22H35FN4O3. The van der Waals surface area contributed by atoms with E-state index in [0.29, 0.717) is 37.8 Å². The summed E-state index contributed by atoms with van der Waals surface area (Å²) in [6, 6.07) is 3.80. The largest absolute Gasteiger partial charge is 0.370 e. The number of morpholine rings is 1. The highest BCUT2D eigenvalue weighted by molar-refractivity contribution is 5.97. The number of amides is 2. The van der Waals surface area contributed by atoms with Gasteiger partial charge < -0.3 is 20.7 Å². The van der Waals surface area contributed by atoms with Gasteiger partial charge in [0.25, 0.3) is 5.91 Å². The van der Waals surface area contributed by atoms with Crippen LogP contribution in [0.4, 0.5) is 15.8 Å². The molecule has 1 aromatic carbocycles. The molecule has 0 unspecified atom stereocenters. The molecule has 0 radical (unpaired) electrons. The van der Waals surface area contributed by atoms with Crippen molar-refractivity contribution in [3.63, 3.8) is 0 Å². The number of carbonyl (C=O) groups is 2. The summed E-state index contributed by atoms with van der Waals surface area (Å²) < 4.78 is 19.8. The van der Waals surface area contributed by atoms with Crippen LogP contribution in [0.5, 0.6) is 0 Å². The summed E-state index contributed by atoms with van der Waals surface area (Å²) in [6.07, 6.45) is 0. The Bertz CT molecular complexity index is 748. The maximum Gasteiger partial charge on any atom is 0.253 e. The lowest BCUT2D eigenvalue weighted by Crippen LogP contribution is -2.52. The first-order valence-corrected chi connectivity index (χ1v) is 10.4. The molecule has 168 valence electrons. The molecule has 1 saturated heterocycles. The molecule has 1 aliphatic rings. The SMILES string of the molecule is CC(C)CN(CC(C)(C)C)[C@H](CN)C(=O)Nc1ccc(N2CCOCC2=O)cc1F. The molecule has 0 aromatic heterocycles. The summed E-state index contributed by atoms with van der Waals surface area (Å²) in [6.45, 7) is 12.8. The van der Waals surface area contributed by atoms with Crippen molar-refractivity contribution in [2.75, 3.05) is 49.6 Å². The van der Waals surface area contributed by atoms with Crippen LogP contribution >= 0.6 is 0 Å². The zero-order chi connectivity index (χ0) is 22.5. The molecular weight excluding hydrogens is 387 g/mol. The van der Waals surface area contributed by atoms with Crippen LogP contribution in [-0.4, -0.2) is 62.1 Å². The fraction of sp³-hybridized carbons (Fsp3) is 0.636. The number of hydrogen-bond acceptors (Lipinski definition) is 5. The molecule has 0 saturated carbocycles. The van der Waals surface area contributed by atoms with Crippen molar-refractivity contribution in [3.8, 4) is 0 Å². The van der Waals surface area contributed by atoms with E-state index in [0.717, 1.165) is 0 Å². The lowest BCUT2D eigenvalue weighted by molar-refractivity contribution is -0.125. The van der Waals surface area contributed by atoms with Crippen molar-refractivity contribution in [2.45, 2.75) is 40.7 Å². The minimum Gasteiger partial charge on any atom is -0.370 e. The zero-order valence-corrected chi connectivity index (χ0v) is 18.7. The van der Waals surface area contributed by atoms with E-state index in [-0.39, 0.29) is 36.1 Å². The van der Waals surface area contributed by atoms with Crippen molar-refractivity contribution in [1.29, 1.82) is 0 Å². The Hall–Kier alpha value is -2.03. The Morgan fingerprint density at radius 3 is 2.60 bits per heavy atom. The van der Waals surface area contributed by atoms with Gasteiger partial charge in [-0.2, -0.15) is 0 Å². The van der Waals surface area contributed by atoms with Gasteiger partial charge in [0.1, 0.15) is 18.5 Å². The van der Waals surface area contributed by atoms with E-state index in [1.807, 2.05) is 0 Å². The van der Waals surface area contributed by atoms with E-state index in [4.69, 9.17) is 10.5 Å². The molecule has 2 rings (SSSR count). The first kappa shape index (κ1) is 24.2. The average Bonchev–Trinajstić information content (AvgIpc) is 2.62. The predicted octanol–water partition coefficient (Wildman–Crippen LogP) is 2.46. The topological polar surface area (TPSA) is 87.9 Å². The van der Waals surface area contributed by atoms with Crippen LogP contribution in [-0.2, 0) is 14.3 Å². The Morgan fingerprint density at radius 2 is 2.07 bits per heavy atom. The van der Waals surface area contributed by atoms with Gasteiger partial charge in [-0.05, 0) is 29.5 Å². The molecule has 0 bridgehead atoms. The number of nitrogens with one attached hydrogen (secondary N) is 1. The van der Waals surface area contributed by atoms with Crippen LogP contribution in [0.25, 0.3) is 0 Å². The number of benzene rings is 1. The van der Waals surface area contributed by atoms with Crippen molar-refractivity contribution in [3.05, 3.63) is 24.0 Å². The van der Waals surface area contributed by atoms with Crippen molar-refractivity contribution >= 4 is 23.2 Å². The van der Waals surface area contributed by atoms with Crippen LogP contribution in [0.1, 0.15) is 34.6 Å². The molecule has 1 heterocycles. The van der Waals surface area contributed by atoms with Gasteiger partial charge in [-0.25, -0.2) is 4.39 Å². The number of hydrogen-bond donors (Lipinski definition) is 2. The first-order valence-electron chi connectivity index (χ1n) is 10.4. The van der Waals surface area contributed by atoms with Gasteiger partial charge in [-0.3, -0.25) is 14.5 Å². The minimum atomic E-state index is -0.595. The minimum absolute atomic E-state index is 0.0137. The lowest BCUT2D eigenvalue weighted by atomic mass is 9.94. The maximum absolute atomic E-state index is 14.7. The highest BCUT2D eigenvalue weighted by Crippen LogP contribution is 2.24. The molecule has 1 atom stereocenters. The number of nitrogens with zero attached hydrogens (tertiary/aromatic N) is 2. The van der Waals surface area contributed by atoms with E-state index >= 15 is 0 Å². The summed E-state index contributed by atoms with van der Waals surface area (Å²) >= 11 is 0. The number of ether oxygens (including phenoxy) is 1. The smallest absolute Gasteiger partial charge is 0.253 e. The number of anilines is 2. The third-order valence-corrected chi connectivity index (χ3v) is 4.75. The third-order valence-electron chi connectivity index (χ3n) is 4.75. The average molecular weight is 423 g/mol. The van der Waals surface area contributed by atoms with E-state index in [1.54, 1.807) is 6.07 Å². The molecule has 3 N–H and O–H groups in total. The van der Waals surface area contributed by atoms with Crippen LogP contribution in [0.2, 0.25) is 0 Å². The summed E-state index contributed by atoms with van der Waals surface area (Å²) in [5.41, 5.74) is 6.45. The Morgan fingerprint density at radius 1 is 1.37 bits per heavy atom. The summed E-state index contributed by atoms with van der Waals surface area (Å²) in [5, 5.41) is 2.68. The van der Waals surface area contributed by atoms with Gasteiger partial charge >= 0.3 is 0 Å². The van der Waals surface area contributed by atoms with Crippen LogP contribution < -0.4 is 16.0 Å². The first-order chi connectivity index (χ1) is 14.0. The van der Waals surface area contributed by atoms with Crippen molar-refractivity contribution in [2.24, 2.45) is 17.1 Å². The third kappa shape index (κ3) is 6.75. The second-order valence-electron chi connectivity index (χ2n) is 9.39. The summed E-state index contributed by atoms with van der Waals surface area (Å²) in [7, 11) is 0. The lowest BCUT2D eigenvalue weighted by Gasteiger charge is -2.36. The van der Waals surface area contributed by atoms with Crippen molar-refractivity contribution in [1.82, 2.24) is 4.90 Å². The highest BCUT2D eigenvalue weighted by atomic mass is 19.1. The monoisotopic (exact) mass is 422 g/mol. The second-order valence-corrected chi connectivity index (χ2v) is 9.39. The van der Waals surface area contributed by atoms with Gasteiger partial charge in [-0.15, -0.1) is 0 Å². The normalized spacial score (nSPS) is 16.3. The van der Waals surface area contributed by atoms with Gasteiger partial charge in [-0.1, -0.05) is 34.6 Å². The Balaban J connectivity index is 2.16. The van der Waals surface area contributed by atoms with Gasteiger partial charge in [0, 0.05) is 31.9 Å². The zero-order valence-electron chi connectivity index (χ0n) is 18.7. The van der Waals surface area contributed by atoms with Crippen LogP contribution in [0.3, 0.4) is 0 Å². The van der Waals surface area contributed by atoms with Crippen LogP contribution in [0.15, 0.2) is 18.2 Å².